The maximum absolute atomic E-state index is 4.64. The smallest absolute Gasteiger partial charge is 0.191 e. The zero-order valence-corrected chi connectivity index (χ0v) is 17.0. The molecule has 3 aromatic rings. The van der Waals surface area contributed by atoms with Crippen LogP contribution in [-0.4, -0.2) is 32.3 Å². The van der Waals surface area contributed by atoms with Crippen LogP contribution in [0, 0.1) is 20.8 Å². The van der Waals surface area contributed by atoms with Gasteiger partial charge in [-0.3, -0.25) is 0 Å². The second kappa shape index (κ2) is 8.77. The molecule has 0 radical (unpaired) electrons. The molecule has 0 spiro atoms. The average molecular weight is 384 g/mol. The van der Waals surface area contributed by atoms with Crippen LogP contribution in [0.3, 0.4) is 0 Å². The fourth-order valence-corrected chi connectivity index (χ4v) is 3.38. The van der Waals surface area contributed by atoms with Crippen LogP contribution in [0.1, 0.15) is 33.8 Å². The first-order valence-electron chi connectivity index (χ1n) is 8.97. The number of pyridine rings is 1. The summed E-state index contributed by atoms with van der Waals surface area (Å²) in [5.41, 5.74) is 3.10. The van der Waals surface area contributed by atoms with Crippen molar-refractivity contribution < 1.29 is 0 Å². The molecule has 0 atom stereocenters. The van der Waals surface area contributed by atoms with Gasteiger partial charge in [0.25, 0.3) is 0 Å². The van der Waals surface area contributed by atoms with Gasteiger partial charge in [0.2, 0.25) is 0 Å². The standard InChI is InChI=1S/C19H25N7S/c1-5-20-19(24-12-18-22-9-15(4)27-18)23-11-16-6-7-17(21-10-16)26-14(3)8-13(2)25-26/h6-10H,5,11-12H2,1-4H3,(H2,20,23,24). The quantitative estimate of drug-likeness (QED) is 0.505. The molecule has 0 amide bonds. The molecule has 3 rings (SSSR count). The van der Waals surface area contributed by atoms with E-state index < -0.39 is 0 Å². The van der Waals surface area contributed by atoms with E-state index in [2.05, 4.69) is 44.5 Å². The minimum absolute atomic E-state index is 0.552. The average Bonchev–Trinajstić information content (AvgIpc) is 3.22. The SMILES string of the molecule is CCNC(=NCc1ccc(-n2nc(C)cc2C)nc1)NCc1ncc(C)s1. The zero-order valence-electron chi connectivity index (χ0n) is 16.2. The third-order valence-electron chi connectivity index (χ3n) is 3.88. The predicted octanol–water partition coefficient (Wildman–Crippen LogP) is 2.90. The van der Waals surface area contributed by atoms with Crippen LogP contribution >= 0.6 is 11.3 Å². The predicted molar refractivity (Wildman–Crippen MR) is 109 cm³/mol. The van der Waals surface area contributed by atoms with Gasteiger partial charge in [0.1, 0.15) is 5.01 Å². The maximum atomic E-state index is 4.64. The van der Waals surface area contributed by atoms with E-state index in [1.807, 2.05) is 49.1 Å². The van der Waals surface area contributed by atoms with E-state index in [9.17, 15) is 0 Å². The molecule has 8 heteroatoms. The molecule has 2 N–H and O–H groups in total. The third-order valence-corrected chi connectivity index (χ3v) is 4.79. The molecule has 142 valence electrons. The number of aromatic nitrogens is 4. The highest BCUT2D eigenvalue weighted by molar-refractivity contribution is 7.11. The lowest BCUT2D eigenvalue weighted by molar-refractivity contribution is 0.799. The van der Waals surface area contributed by atoms with Crippen LogP contribution in [0.4, 0.5) is 0 Å². The van der Waals surface area contributed by atoms with Gasteiger partial charge in [0, 0.05) is 29.5 Å². The largest absolute Gasteiger partial charge is 0.357 e. The first-order chi connectivity index (χ1) is 13.0. The molecule has 0 saturated carbocycles. The Hall–Kier alpha value is -2.74. The molecule has 0 aromatic carbocycles. The van der Waals surface area contributed by atoms with E-state index in [-0.39, 0.29) is 0 Å². The summed E-state index contributed by atoms with van der Waals surface area (Å²) in [5, 5.41) is 12.1. The molecule has 0 saturated heterocycles. The molecule has 3 aromatic heterocycles. The molecule has 0 unspecified atom stereocenters. The van der Waals surface area contributed by atoms with Crippen LogP contribution in [0.5, 0.6) is 0 Å². The van der Waals surface area contributed by atoms with Crippen molar-refractivity contribution in [2.75, 3.05) is 6.54 Å². The molecule has 0 aliphatic carbocycles. The summed E-state index contributed by atoms with van der Waals surface area (Å²) in [6, 6.07) is 6.05. The number of aliphatic imine (C=N–C) groups is 1. The first-order valence-corrected chi connectivity index (χ1v) is 9.79. The molecule has 27 heavy (non-hydrogen) atoms. The number of guanidine groups is 1. The fourth-order valence-electron chi connectivity index (χ4n) is 2.65. The molecule has 0 fully saturated rings. The van der Waals surface area contributed by atoms with Gasteiger partial charge in [0.05, 0.1) is 18.8 Å². The minimum Gasteiger partial charge on any atom is -0.357 e. The van der Waals surface area contributed by atoms with E-state index >= 15 is 0 Å². The Morgan fingerprint density at radius 3 is 2.59 bits per heavy atom. The Labute approximate surface area is 163 Å². The summed E-state index contributed by atoms with van der Waals surface area (Å²) in [4.78, 5) is 14.7. The molecular formula is C19H25N7S. The van der Waals surface area contributed by atoms with Gasteiger partial charge in [-0.1, -0.05) is 6.07 Å². The van der Waals surface area contributed by atoms with E-state index in [0.717, 1.165) is 40.3 Å². The van der Waals surface area contributed by atoms with Gasteiger partial charge in [-0.05, 0) is 45.4 Å². The van der Waals surface area contributed by atoms with Crippen molar-refractivity contribution in [2.45, 2.75) is 40.8 Å². The lowest BCUT2D eigenvalue weighted by Gasteiger charge is -2.10. The van der Waals surface area contributed by atoms with Crippen LogP contribution in [-0.2, 0) is 13.1 Å². The second-order valence-electron chi connectivity index (χ2n) is 6.28. The third kappa shape index (κ3) is 5.13. The normalized spacial score (nSPS) is 11.6. The van der Waals surface area contributed by atoms with Crippen molar-refractivity contribution in [3.63, 3.8) is 0 Å². The van der Waals surface area contributed by atoms with Crippen molar-refractivity contribution in [1.82, 2.24) is 30.4 Å². The summed E-state index contributed by atoms with van der Waals surface area (Å²) in [6.07, 6.45) is 3.74. The number of hydrogen-bond acceptors (Lipinski definition) is 5. The maximum Gasteiger partial charge on any atom is 0.191 e. The Morgan fingerprint density at radius 2 is 2.00 bits per heavy atom. The highest BCUT2D eigenvalue weighted by Crippen LogP contribution is 2.11. The van der Waals surface area contributed by atoms with Crippen molar-refractivity contribution in [2.24, 2.45) is 4.99 Å². The van der Waals surface area contributed by atoms with E-state index in [4.69, 9.17) is 0 Å². The molecule has 3 heterocycles. The Bertz CT molecular complexity index is 909. The van der Waals surface area contributed by atoms with Crippen LogP contribution in [0.15, 0.2) is 35.6 Å². The summed E-state index contributed by atoms with van der Waals surface area (Å²) < 4.78 is 1.85. The van der Waals surface area contributed by atoms with E-state index in [0.29, 0.717) is 13.1 Å². The summed E-state index contributed by atoms with van der Waals surface area (Å²) in [6.45, 7) is 10.1. The molecule has 0 aliphatic rings. The Kier molecular flexibility index (Phi) is 6.18. The lowest BCUT2D eigenvalue weighted by atomic mass is 10.3. The van der Waals surface area contributed by atoms with Crippen molar-refractivity contribution in [1.29, 1.82) is 0 Å². The van der Waals surface area contributed by atoms with Crippen LogP contribution in [0.2, 0.25) is 0 Å². The van der Waals surface area contributed by atoms with Gasteiger partial charge >= 0.3 is 0 Å². The number of hydrogen-bond donors (Lipinski definition) is 2. The van der Waals surface area contributed by atoms with Gasteiger partial charge in [-0.2, -0.15) is 5.10 Å². The minimum atomic E-state index is 0.552. The van der Waals surface area contributed by atoms with Crippen LogP contribution in [0.25, 0.3) is 5.82 Å². The van der Waals surface area contributed by atoms with E-state index in [1.165, 1.54) is 4.88 Å². The summed E-state index contributed by atoms with van der Waals surface area (Å²) in [5.74, 6) is 1.59. The van der Waals surface area contributed by atoms with Gasteiger partial charge in [-0.15, -0.1) is 11.3 Å². The van der Waals surface area contributed by atoms with Crippen molar-refractivity contribution >= 4 is 17.3 Å². The van der Waals surface area contributed by atoms with Gasteiger partial charge in [0.15, 0.2) is 11.8 Å². The number of nitrogens with zero attached hydrogens (tertiary/aromatic N) is 5. The number of thiazole rings is 1. The summed E-state index contributed by atoms with van der Waals surface area (Å²) in [7, 11) is 0. The topological polar surface area (TPSA) is 80.0 Å². The number of aryl methyl sites for hydroxylation is 3. The fraction of sp³-hybridized carbons (Fsp3) is 0.368. The van der Waals surface area contributed by atoms with Gasteiger partial charge < -0.3 is 10.6 Å². The number of rotatable bonds is 6. The van der Waals surface area contributed by atoms with Crippen LogP contribution < -0.4 is 10.6 Å². The number of nitrogens with one attached hydrogen (secondary N) is 2. The van der Waals surface area contributed by atoms with Gasteiger partial charge in [-0.25, -0.2) is 19.6 Å². The molecule has 7 nitrogen and oxygen atoms in total. The van der Waals surface area contributed by atoms with E-state index in [1.54, 1.807) is 11.3 Å². The Balaban J connectivity index is 1.64. The highest BCUT2D eigenvalue weighted by Gasteiger charge is 2.05. The Morgan fingerprint density at radius 1 is 1.15 bits per heavy atom. The highest BCUT2D eigenvalue weighted by atomic mass is 32.1. The lowest BCUT2D eigenvalue weighted by Crippen LogP contribution is -2.36. The molecular weight excluding hydrogens is 358 g/mol. The van der Waals surface area contributed by atoms with Crippen molar-refractivity contribution in [3.05, 3.63) is 57.4 Å². The monoisotopic (exact) mass is 383 g/mol. The second-order valence-corrected chi connectivity index (χ2v) is 7.60. The first kappa shape index (κ1) is 19.0. The van der Waals surface area contributed by atoms with Crippen molar-refractivity contribution in [3.8, 4) is 5.82 Å². The molecule has 0 aliphatic heterocycles. The molecule has 0 bridgehead atoms. The summed E-state index contributed by atoms with van der Waals surface area (Å²) >= 11 is 1.69. The zero-order chi connectivity index (χ0) is 19.2.